The first kappa shape index (κ1) is 12.3. The third-order valence-electron chi connectivity index (χ3n) is 3.38. The van der Waals surface area contributed by atoms with E-state index >= 15 is 0 Å². The van der Waals surface area contributed by atoms with E-state index in [0.717, 1.165) is 22.3 Å². The molecule has 3 aromatic rings. The number of hydrogen-bond acceptors (Lipinski definition) is 2. The highest BCUT2D eigenvalue weighted by atomic mass is 35.5. The summed E-state index contributed by atoms with van der Waals surface area (Å²) in [5.41, 5.74) is 2.02. The number of hydrogen-bond donors (Lipinski definition) is 1. The molecule has 0 radical (unpaired) electrons. The van der Waals surface area contributed by atoms with Crippen LogP contribution >= 0.6 is 11.6 Å². The van der Waals surface area contributed by atoms with Gasteiger partial charge in [-0.2, -0.15) is 0 Å². The summed E-state index contributed by atoms with van der Waals surface area (Å²) < 4.78 is 3.94. The number of aliphatic hydroxyl groups is 1. The number of rotatable bonds is 3. The molecular weight excluding hydrogens is 262 g/mol. The van der Waals surface area contributed by atoms with Crippen molar-refractivity contribution in [3.8, 4) is 0 Å². The standard InChI is InChI=1S/C14H14ClN3O/c1-17-13(15)6-16-14(17)8-18-7-10(9-19)11-4-2-3-5-12(11)18/h2-7,19H,8-9H2,1H3. The van der Waals surface area contributed by atoms with Gasteiger partial charge in [-0.3, -0.25) is 0 Å². The number of imidazole rings is 1. The molecule has 98 valence electrons. The van der Waals surface area contributed by atoms with Gasteiger partial charge >= 0.3 is 0 Å². The van der Waals surface area contributed by atoms with Crippen LogP contribution in [0.5, 0.6) is 0 Å². The Morgan fingerprint density at radius 1 is 1.32 bits per heavy atom. The van der Waals surface area contributed by atoms with Crippen LogP contribution in [0.4, 0.5) is 0 Å². The molecule has 0 bridgehead atoms. The summed E-state index contributed by atoms with van der Waals surface area (Å²) in [4.78, 5) is 4.30. The Labute approximate surface area is 115 Å². The molecule has 1 aromatic carbocycles. The van der Waals surface area contributed by atoms with Crippen LogP contribution in [0.15, 0.2) is 36.7 Å². The Balaban J connectivity index is 2.08. The predicted octanol–water partition coefficient (Wildman–Crippen LogP) is 2.57. The zero-order chi connectivity index (χ0) is 13.4. The quantitative estimate of drug-likeness (QED) is 0.798. The highest BCUT2D eigenvalue weighted by Gasteiger charge is 2.10. The predicted molar refractivity (Wildman–Crippen MR) is 75.2 cm³/mol. The number of benzene rings is 1. The van der Waals surface area contributed by atoms with E-state index in [-0.39, 0.29) is 6.61 Å². The Morgan fingerprint density at radius 3 is 2.79 bits per heavy atom. The lowest BCUT2D eigenvalue weighted by molar-refractivity contribution is 0.283. The number of nitrogens with zero attached hydrogens (tertiary/aromatic N) is 3. The molecule has 0 amide bonds. The number of fused-ring (bicyclic) bond motifs is 1. The zero-order valence-electron chi connectivity index (χ0n) is 10.5. The van der Waals surface area contributed by atoms with Gasteiger partial charge in [0.25, 0.3) is 0 Å². The second-order valence-electron chi connectivity index (χ2n) is 4.51. The molecule has 0 atom stereocenters. The SMILES string of the molecule is Cn1c(Cl)cnc1Cn1cc(CO)c2ccccc21. The third kappa shape index (κ3) is 2.03. The summed E-state index contributed by atoms with van der Waals surface area (Å²) in [5, 5.41) is 11.1. The minimum atomic E-state index is 0.0365. The monoisotopic (exact) mass is 275 g/mol. The van der Waals surface area contributed by atoms with Crippen LogP contribution in [0.25, 0.3) is 10.9 Å². The molecule has 19 heavy (non-hydrogen) atoms. The Kier molecular flexibility index (Phi) is 3.05. The van der Waals surface area contributed by atoms with Crippen LogP contribution < -0.4 is 0 Å². The van der Waals surface area contributed by atoms with Crippen LogP contribution in [0.1, 0.15) is 11.4 Å². The van der Waals surface area contributed by atoms with Gasteiger partial charge in [0.05, 0.1) is 19.3 Å². The average molecular weight is 276 g/mol. The fourth-order valence-electron chi connectivity index (χ4n) is 2.30. The molecule has 0 saturated carbocycles. The van der Waals surface area contributed by atoms with E-state index in [1.807, 2.05) is 42.1 Å². The first-order chi connectivity index (χ1) is 9.20. The van der Waals surface area contributed by atoms with Crippen molar-refractivity contribution in [2.24, 2.45) is 7.05 Å². The fourth-order valence-corrected chi connectivity index (χ4v) is 2.45. The van der Waals surface area contributed by atoms with E-state index < -0.39 is 0 Å². The zero-order valence-corrected chi connectivity index (χ0v) is 11.3. The molecule has 0 spiro atoms. The second-order valence-corrected chi connectivity index (χ2v) is 4.90. The van der Waals surface area contributed by atoms with Gasteiger partial charge in [-0.25, -0.2) is 4.98 Å². The molecular formula is C14H14ClN3O. The summed E-state index contributed by atoms with van der Waals surface area (Å²) in [6.07, 6.45) is 3.61. The first-order valence-electron chi connectivity index (χ1n) is 6.04. The summed E-state index contributed by atoms with van der Waals surface area (Å²) in [5.74, 6) is 0.884. The highest BCUT2D eigenvalue weighted by Crippen LogP contribution is 2.22. The van der Waals surface area contributed by atoms with Gasteiger partial charge in [0, 0.05) is 29.7 Å². The van der Waals surface area contributed by atoms with Crippen molar-refractivity contribution in [2.45, 2.75) is 13.2 Å². The molecule has 5 heteroatoms. The van der Waals surface area contributed by atoms with Gasteiger partial charge < -0.3 is 14.2 Å². The summed E-state index contributed by atoms with van der Waals surface area (Å²) in [6.45, 7) is 0.665. The molecule has 0 aliphatic rings. The first-order valence-corrected chi connectivity index (χ1v) is 6.42. The van der Waals surface area contributed by atoms with E-state index in [0.29, 0.717) is 11.7 Å². The summed E-state index contributed by atoms with van der Waals surface area (Å²) >= 11 is 6.00. The van der Waals surface area contributed by atoms with Crippen molar-refractivity contribution in [1.29, 1.82) is 0 Å². The molecule has 3 rings (SSSR count). The lowest BCUT2D eigenvalue weighted by atomic mass is 10.2. The highest BCUT2D eigenvalue weighted by molar-refractivity contribution is 6.29. The number of aromatic nitrogens is 3. The van der Waals surface area contributed by atoms with Gasteiger partial charge in [-0.1, -0.05) is 29.8 Å². The van der Waals surface area contributed by atoms with E-state index in [4.69, 9.17) is 11.6 Å². The van der Waals surface area contributed by atoms with Crippen LogP contribution in [0.2, 0.25) is 5.15 Å². The maximum atomic E-state index is 9.42. The molecule has 0 unspecified atom stereocenters. The van der Waals surface area contributed by atoms with Gasteiger partial charge in [0.15, 0.2) is 0 Å². The topological polar surface area (TPSA) is 43.0 Å². The number of para-hydroxylation sites is 1. The maximum Gasteiger partial charge on any atom is 0.129 e. The lowest BCUT2D eigenvalue weighted by Crippen LogP contribution is -2.05. The van der Waals surface area contributed by atoms with E-state index in [1.54, 1.807) is 6.20 Å². The molecule has 0 aliphatic carbocycles. The summed E-state index contributed by atoms with van der Waals surface area (Å²) in [6, 6.07) is 8.02. The smallest absolute Gasteiger partial charge is 0.129 e. The van der Waals surface area contributed by atoms with Crippen molar-refractivity contribution < 1.29 is 5.11 Å². The maximum absolute atomic E-state index is 9.42. The van der Waals surface area contributed by atoms with Crippen LogP contribution in [0.3, 0.4) is 0 Å². The minimum absolute atomic E-state index is 0.0365. The van der Waals surface area contributed by atoms with Crippen molar-refractivity contribution in [1.82, 2.24) is 14.1 Å². The largest absolute Gasteiger partial charge is 0.392 e. The number of aliphatic hydroxyl groups excluding tert-OH is 1. The number of halogens is 1. The van der Waals surface area contributed by atoms with Crippen LogP contribution in [-0.2, 0) is 20.2 Å². The van der Waals surface area contributed by atoms with Gasteiger partial charge in [0.2, 0.25) is 0 Å². The van der Waals surface area contributed by atoms with Gasteiger partial charge in [-0.15, -0.1) is 0 Å². The summed E-state index contributed by atoms with van der Waals surface area (Å²) in [7, 11) is 1.89. The average Bonchev–Trinajstić information content (AvgIpc) is 2.95. The molecule has 0 saturated heterocycles. The Morgan fingerprint density at radius 2 is 2.11 bits per heavy atom. The van der Waals surface area contributed by atoms with E-state index in [1.165, 1.54) is 0 Å². The minimum Gasteiger partial charge on any atom is -0.392 e. The fraction of sp³-hybridized carbons (Fsp3) is 0.214. The van der Waals surface area contributed by atoms with Crippen LogP contribution in [-0.4, -0.2) is 19.2 Å². The van der Waals surface area contributed by atoms with Crippen LogP contribution in [0, 0.1) is 0 Å². The van der Waals surface area contributed by atoms with E-state index in [2.05, 4.69) is 9.55 Å². The lowest BCUT2D eigenvalue weighted by Gasteiger charge is -2.05. The van der Waals surface area contributed by atoms with Gasteiger partial charge in [-0.05, 0) is 6.07 Å². The van der Waals surface area contributed by atoms with Gasteiger partial charge in [0.1, 0.15) is 11.0 Å². The molecule has 2 heterocycles. The van der Waals surface area contributed by atoms with Crippen molar-refractivity contribution in [3.05, 3.63) is 53.2 Å². The van der Waals surface area contributed by atoms with Crippen molar-refractivity contribution >= 4 is 22.5 Å². The Hall–Kier alpha value is -1.78. The normalized spacial score (nSPS) is 11.3. The Bertz CT molecular complexity index is 729. The third-order valence-corrected chi connectivity index (χ3v) is 3.73. The molecule has 2 aromatic heterocycles. The second kappa shape index (κ2) is 4.72. The molecule has 0 aliphatic heterocycles. The van der Waals surface area contributed by atoms with Crippen molar-refractivity contribution in [2.75, 3.05) is 0 Å². The van der Waals surface area contributed by atoms with Crippen molar-refractivity contribution in [3.63, 3.8) is 0 Å². The molecule has 4 nitrogen and oxygen atoms in total. The molecule has 1 N–H and O–H groups in total. The molecule has 0 fully saturated rings. The van der Waals surface area contributed by atoms with E-state index in [9.17, 15) is 5.11 Å².